The molecule has 2 heterocycles. The number of aryl methyl sites for hydroxylation is 1. The van der Waals surface area contributed by atoms with Gasteiger partial charge >= 0.3 is 0 Å². The lowest BCUT2D eigenvalue weighted by Crippen LogP contribution is -2.49. The average Bonchev–Trinajstić information content (AvgIpc) is 3.25. The Morgan fingerprint density at radius 2 is 1.96 bits per heavy atom. The van der Waals surface area contributed by atoms with Gasteiger partial charge in [-0.05, 0) is 49.4 Å². The van der Waals surface area contributed by atoms with Gasteiger partial charge in [0.1, 0.15) is 0 Å². The Hall–Kier alpha value is -2.54. The number of carbonyl (C=O) groups is 1. The first kappa shape index (κ1) is 20.2. The van der Waals surface area contributed by atoms with Crippen LogP contribution in [0.1, 0.15) is 28.8 Å². The van der Waals surface area contributed by atoms with Crippen LogP contribution in [0.2, 0.25) is 0 Å². The van der Waals surface area contributed by atoms with Crippen LogP contribution in [0.3, 0.4) is 0 Å². The summed E-state index contributed by atoms with van der Waals surface area (Å²) in [6.07, 6.45) is 2.17. The second-order valence-corrected chi connectivity index (χ2v) is 7.91. The molecule has 1 aliphatic heterocycles. The standard InChI is InChI=1S/C21H29N5OS/c1-16-5-3-6-17(15-16)20(27)23-10-11-24-21(22-2)25-18-8-12-26(13-9-18)19-7-4-14-28-19/h3-7,14-15,18H,8-13H2,1-2H3,(H,23,27)(H2,22,24,25). The van der Waals surface area contributed by atoms with Crippen LogP contribution in [0, 0.1) is 6.92 Å². The van der Waals surface area contributed by atoms with E-state index < -0.39 is 0 Å². The molecule has 6 nitrogen and oxygen atoms in total. The van der Waals surface area contributed by atoms with E-state index in [0.717, 1.165) is 37.5 Å². The molecule has 1 aromatic carbocycles. The average molecular weight is 400 g/mol. The van der Waals surface area contributed by atoms with Crippen molar-refractivity contribution < 1.29 is 4.79 Å². The first-order chi connectivity index (χ1) is 13.7. The van der Waals surface area contributed by atoms with Gasteiger partial charge in [0, 0.05) is 44.8 Å². The molecule has 3 N–H and O–H groups in total. The normalized spacial score (nSPS) is 15.4. The maximum absolute atomic E-state index is 12.2. The lowest BCUT2D eigenvalue weighted by Gasteiger charge is -2.33. The van der Waals surface area contributed by atoms with Gasteiger partial charge in [-0.2, -0.15) is 0 Å². The Balaban J connectivity index is 1.35. The molecule has 2 aromatic rings. The van der Waals surface area contributed by atoms with E-state index >= 15 is 0 Å². The number of hydrogen-bond acceptors (Lipinski definition) is 4. The molecule has 1 fully saturated rings. The highest BCUT2D eigenvalue weighted by Crippen LogP contribution is 2.24. The quantitative estimate of drug-likeness (QED) is 0.397. The molecule has 150 valence electrons. The molecule has 7 heteroatoms. The second-order valence-electron chi connectivity index (χ2n) is 6.98. The minimum absolute atomic E-state index is 0.0469. The smallest absolute Gasteiger partial charge is 0.251 e. The van der Waals surface area contributed by atoms with E-state index in [-0.39, 0.29) is 5.91 Å². The highest BCUT2D eigenvalue weighted by molar-refractivity contribution is 7.14. The molecule has 0 bridgehead atoms. The summed E-state index contributed by atoms with van der Waals surface area (Å²) in [5, 5.41) is 13.2. The number of rotatable bonds is 6. The van der Waals surface area contributed by atoms with E-state index in [0.29, 0.717) is 24.7 Å². The molecule has 0 aliphatic carbocycles. The van der Waals surface area contributed by atoms with Crippen molar-refractivity contribution in [2.24, 2.45) is 4.99 Å². The molecule has 1 amide bonds. The Kier molecular flexibility index (Phi) is 7.31. The van der Waals surface area contributed by atoms with Crippen molar-refractivity contribution in [3.05, 3.63) is 52.9 Å². The predicted molar refractivity (Wildman–Crippen MR) is 118 cm³/mol. The summed E-state index contributed by atoms with van der Waals surface area (Å²) in [7, 11) is 1.78. The number of thiophene rings is 1. The van der Waals surface area contributed by atoms with Crippen LogP contribution in [0.15, 0.2) is 46.8 Å². The summed E-state index contributed by atoms with van der Waals surface area (Å²) >= 11 is 1.80. The van der Waals surface area contributed by atoms with Crippen LogP contribution in [0.5, 0.6) is 0 Å². The van der Waals surface area contributed by atoms with Crippen molar-refractivity contribution in [2.45, 2.75) is 25.8 Å². The van der Waals surface area contributed by atoms with Crippen LogP contribution in [0.4, 0.5) is 5.00 Å². The van der Waals surface area contributed by atoms with Gasteiger partial charge in [-0.15, -0.1) is 11.3 Å². The van der Waals surface area contributed by atoms with Crippen molar-refractivity contribution in [3.8, 4) is 0 Å². The molecule has 0 atom stereocenters. The predicted octanol–water partition coefficient (Wildman–Crippen LogP) is 2.62. The van der Waals surface area contributed by atoms with Crippen LogP contribution in [0.25, 0.3) is 0 Å². The number of guanidine groups is 1. The summed E-state index contributed by atoms with van der Waals surface area (Å²) in [5.74, 6) is 0.744. The van der Waals surface area contributed by atoms with Crippen LogP contribution in [-0.4, -0.2) is 51.1 Å². The lowest BCUT2D eigenvalue weighted by atomic mass is 10.1. The van der Waals surface area contributed by atoms with Crippen molar-refractivity contribution in [1.82, 2.24) is 16.0 Å². The Morgan fingerprint density at radius 1 is 1.18 bits per heavy atom. The first-order valence-electron chi connectivity index (χ1n) is 9.76. The summed E-state index contributed by atoms with van der Waals surface area (Å²) in [6.45, 7) is 5.28. The number of anilines is 1. The molecular formula is C21H29N5OS. The zero-order chi connectivity index (χ0) is 19.8. The van der Waals surface area contributed by atoms with Gasteiger partial charge in [0.2, 0.25) is 0 Å². The molecule has 0 unspecified atom stereocenters. The highest BCUT2D eigenvalue weighted by Gasteiger charge is 2.20. The van der Waals surface area contributed by atoms with Gasteiger partial charge in [-0.1, -0.05) is 17.7 Å². The number of nitrogens with one attached hydrogen (secondary N) is 3. The number of aliphatic imine (C=N–C) groups is 1. The number of piperidine rings is 1. The van der Waals surface area contributed by atoms with Crippen LogP contribution >= 0.6 is 11.3 Å². The molecule has 0 spiro atoms. The third-order valence-corrected chi connectivity index (χ3v) is 5.79. The van der Waals surface area contributed by atoms with E-state index in [1.54, 1.807) is 18.4 Å². The number of benzene rings is 1. The Bertz CT molecular complexity index is 782. The lowest BCUT2D eigenvalue weighted by molar-refractivity contribution is 0.0954. The molecule has 0 saturated carbocycles. The number of carbonyl (C=O) groups excluding carboxylic acids is 1. The summed E-state index contributed by atoms with van der Waals surface area (Å²) in [5.41, 5.74) is 1.78. The van der Waals surface area contributed by atoms with E-state index in [4.69, 9.17) is 0 Å². The summed E-state index contributed by atoms with van der Waals surface area (Å²) < 4.78 is 0. The van der Waals surface area contributed by atoms with Crippen molar-refractivity contribution in [2.75, 3.05) is 38.1 Å². The maximum atomic E-state index is 12.2. The first-order valence-corrected chi connectivity index (χ1v) is 10.6. The van der Waals surface area contributed by atoms with Gasteiger partial charge in [0.15, 0.2) is 5.96 Å². The van der Waals surface area contributed by atoms with E-state index in [2.05, 4.69) is 43.4 Å². The fourth-order valence-corrected chi connectivity index (χ4v) is 4.11. The minimum atomic E-state index is -0.0469. The van der Waals surface area contributed by atoms with E-state index in [1.807, 2.05) is 31.2 Å². The molecular weight excluding hydrogens is 370 g/mol. The van der Waals surface area contributed by atoms with Crippen LogP contribution in [-0.2, 0) is 0 Å². The molecule has 28 heavy (non-hydrogen) atoms. The molecule has 0 radical (unpaired) electrons. The highest BCUT2D eigenvalue weighted by atomic mass is 32.1. The van der Waals surface area contributed by atoms with Gasteiger partial charge in [0.25, 0.3) is 5.91 Å². The molecule has 1 saturated heterocycles. The third kappa shape index (κ3) is 5.73. The number of nitrogens with zero attached hydrogens (tertiary/aromatic N) is 2. The summed E-state index contributed by atoms with van der Waals surface area (Å²) in [6, 6.07) is 12.3. The van der Waals surface area contributed by atoms with Crippen molar-refractivity contribution in [3.63, 3.8) is 0 Å². The SMILES string of the molecule is CN=C(NCCNC(=O)c1cccc(C)c1)NC1CCN(c2cccs2)CC1. The fourth-order valence-electron chi connectivity index (χ4n) is 3.33. The topological polar surface area (TPSA) is 68.8 Å². The van der Waals surface area contributed by atoms with Gasteiger partial charge < -0.3 is 20.9 Å². The Labute approximate surface area is 171 Å². The largest absolute Gasteiger partial charge is 0.363 e. The molecule has 1 aromatic heterocycles. The number of amides is 1. The van der Waals surface area contributed by atoms with Gasteiger partial charge in [-0.3, -0.25) is 9.79 Å². The third-order valence-electron chi connectivity index (χ3n) is 4.86. The minimum Gasteiger partial charge on any atom is -0.363 e. The molecule has 1 aliphatic rings. The molecule has 3 rings (SSSR count). The number of hydrogen-bond donors (Lipinski definition) is 3. The monoisotopic (exact) mass is 399 g/mol. The summed E-state index contributed by atoms with van der Waals surface area (Å²) in [4.78, 5) is 18.9. The van der Waals surface area contributed by atoms with Crippen molar-refractivity contribution >= 4 is 28.2 Å². The van der Waals surface area contributed by atoms with Gasteiger partial charge in [-0.25, -0.2) is 0 Å². The Morgan fingerprint density at radius 3 is 2.64 bits per heavy atom. The van der Waals surface area contributed by atoms with Crippen molar-refractivity contribution in [1.29, 1.82) is 0 Å². The van der Waals surface area contributed by atoms with E-state index in [1.165, 1.54) is 5.00 Å². The fraction of sp³-hybridized carbons (Fsp3) is 0.429. The zero-order valence-electron chi connectivity index (χ0n) is 16.6. The zero-order valence-corrected chi connectivity index (χ0v) is 17.4. The van der Waals surface area contributed by atoms with E-state index in [9.17, 15) is 4.79 Å². The van der Waals surface area contributed by atoms with Crippen LogP contribution < -0.4 is 20.9 Å². The van der Waals surface area contributed by atoms with Gasteiger partial charge in [0.05, 0.1) is 5.00 Å². The maximum Gasteiger partial charge on any atom is 0.251 e. The second kappa shape index (κ2) is 10.1.